The number of rotatable bonds is 6. The fraction of sp³-hybridized carbons (Fsp3) is 0.429. The van der Waals surface area contributed by atoms with E-state index in [-0.39, 0.29) is 23.1 Å². The second kappa shape index (κ2) is 10.7. The molecule has 174 valence electrons. The number of aromatic nitrogens is 2. The highest BCUT2D eigenvalue weighted by Crippen LogP contribution is 2.31. The highest BCUT2D eigenvalue weighted by Gasteiger charge is 2.29. The van der Waals surface area contributed by atoms with Crippen LogP contribution in [-0.2, 0) is 28.6 Å². The lowest BCUT2D eigenvalue weighted by molar-refractivity contribution is -0.0396. The van der Waals surface area contributed by atoms with Gasteiger partial charge in [-0.05, 0) is 43.0 Å². The molecule has 2 rings (SSSR count). The van der Waals surface area contributed by atoms with Crippen molar-refractivity contribution in [3.63, 3.8) is 0 Å². The average Bonchev–Trinajstić information content (AvgIpc) is 2.67. The number of hydrogen-bond donors (Lipinski definition) is 1. The Kier molecular flexibility index (Phi) is 8.72. The van der Waals surface area contributed by atoms with Crippen LogP contribution >= 0.6 is 12.0 Å². The Morgan fingerprint density at radius 1 is 1.12 bits per heavy atom. The Morgan fingerprint density at radius 2 is 1.81 bits per heavy atom. The summed E-state index contributed by atoms with van der Waals surface area (Å²) in [5, 5.41) is 8.19. The van der Waals surface area contributed by atoms with E-state index >= 15 is 0 Å². The SMILES string of the molecule is Cc1cc(OC([SH2+])=NC(=N)c2cnc(C(C)(C)C)cn2)c(C)cc1CCOSC(F)(F)F. The first kappa shape index (κ1) is 26.1. The number of ether oxygens (including phenoxy) is 1. The summed E-state index contributed by atoms with van der Waals surface area (Å²) in [5.41, 5.74) is -0.996. The fourth-order valence-electron chi connectivity index (χ4n) is 2.61. The van der Waals surface area contributed by atoms with Crippen molar-refractivity contribution in [2.75, 3.05) is 6.61 Å². The molecule has 0 bridgehead atoms. The molecule has 11 heteroatoms. The molecule has 0 aliphatic heterocycles. The van der Waals surface area contributed by atoms with Crippen LogP contribution < -0.4 is 4.74 Å². The van der Waals surface area contributed by atoms with Crippen LogP contribution in [0.5, 0.6) is 5.75 Å². The summed E-state index contributed by atoms with van der Waals surface area (Å²) < 4.78 is 46.8. The van der Waals surface area contributed by atoms with E-state index < -0.39 is 17.6 Å². The molecule has 2 aromatic rings. The van der Waals surface area contributed by atoms with Crippen molar-refractivity contribution in [1.82, 2.24) is 9.97 Å². The fourth-order valence-corrected chi connectivity index (χ4v) is 3.13. The monoisotopic (exact) mass is 487 g/mol. The zero-order valence-corrected chi connectivity index (χ0v) is 20.2. The van der Waals surface area contributed by atoms with Crippen LogP contribution in [0.15, 0.2) is 29.5 Å². The van der Waals surface area contributed by atoms with Gasteiger partial charge in [-0.25, -0.2) is 4.98 Å². The van der Waals surface area contributed by atoms with Gasteiger partial charge < -0.3 is 8.92 Å². The topological polar surface area (TPSA) is 80.5 Å². The number of amidine groups is 1. The van der Waals surface area contributed by atoms with Gasteiger partial charge in [-0.2, -0.15) is 13.2 Å². The number of hydrogen-bond acceptors (Lipinski definition) is 6. The van der Waals surface area contributed by atoms with Gasteiger partial charge in [-0.15, -0.1) is 4.99 Å². The third-order valence-electron chi connectivity index (χ3n) is 4.32. The first-order valence-electron chi connectivity index (χ1n) is 9.63. The molecule has 32 heavy (non-hydrogen) atoms. The molecule has 1 aromatic heterocycles. The molecular formula is C21H26F3N4O2S2+. The maximum atomic E-state index is 12.1. The van der Waals surface area contributed by atoms with Crippen LogP contribution in [0.3, 0.4) is 0 Å². The molecule has 0 aliphatic rings. The zero-order chi connectivity index (χ0) is 24.1. The molecule has 1 aromatic carbocycles. The van der Waals surface area contributed by atoms with Gasteiger partial charge in [-0.1, -0.05) is 26.8 Å². The Balaban J connectivity index is 2.04. The Morgan fingerprint density at radius 3 is 2.38 bits per heavy atom. The molecule has 0 saturated heterocycles. The lowest BCUT2D eigenvalue weighted by Gasteiger charge is -2.16. The van der Waals surface area contributed by atoms with Gasteiger partial charge in [0.1, 0.15) is 23.5 Å². The van der Waals surface area contributed by atoms with E-state index in [0.29, 0.717) is 17.9 Å². The summed E-state index contributed by atoms with van der Waals surface area (Å²) in [7, 11) is 0. The number of benzene rings is 1. The van der Waals surface area contributed by atoms with Gasteiger partial charge >= 0.3 is 10.7 Å². The van der Waals surface area contributed by atoms with Crippen molar-refractivity contribution in [3.8, 4) is 5.75 Å². The van der Waals surface area contributed by atoms with Crippen molar-refractivity contribution in [2.45, 2.75) is 52.0 Å². The zero-order valence-electron chi connectivity index (χ0n) is 18.4. The van der Waals surface area contributed by atoms with Crippen molar-refractivity contribution < 1.29 is 22.1 Å². The molecule has 0 atom stereocenters. The molecule has 0 aliphatic carbocycles. The number of alkyl halides is 3. The van der Waals surface area contributed by atoms with Gasteiger partial charge in [0, 0.05) is 11.6 Å². The minimum absolute atomic E-state index is 0.0665. The van der Waals surface area contributed by atoms with Gasteiger partial charge in [0.25, 0.3) is 0 Å². The lowest BCUT2D eigenvalue weighted by Crippen LogP contribution is -2.15. The van der Waals surface area contributed by atoms with E-state index in [1.54, 1.807) is 12.3 Å². The quantitative estimate of drug-likeness (QED) is 0.206. The van der Waals surface area contributed by atoms with Crippen LogP contribution in [0.1, 0.15) is 48.8 Å². The lowest BCUT2D eigenvalue weighted by atomic mass is 9.93. The molecule has 0 unspecified atom stereocenters. The van der Waals surface area contributed by atoms with Gasteiger partial charge in [0.05, 0.1) is 31.1 Å². The van der Waals surface area contributed by atoms with Crippen molar-refractivity contribution in [1.29, 1.82) is 5.41 Å². The van der Waals surface area contributed by atoms with Crippen LogP contribution in [0.25, 0.3) is 0 Å². The van der Waals surface area contributed by atoms with E-state index in [9.17, 15) is 13.2 Å². The first-order valence-corrected chi connectivity index (χ1v) is 10.9. The van der Waals surface area contributed by atoms with E-state index in [1.165, 1.54) is 6.20 Å². The molecule has 0 amide bonds. The highest BCUT2D eigenvalue weighted by atomic mass is 32.2. The molecule has 0 saturated carbocycles. The standard InChI is InChI=1S/C21H25F3N4O2S2/c1-12-9-16(13(2)8-14(12)6-7-29-32-21(22,23)24)30-19(31)28-18(25)15-10-27-17(11-26-15)20(3,4)5/h8-11H,6-7H2,1-5H3,(H2,25,28,31)/p+1. The van der Waals surface area contributed by atoms with E-state index in [1.807, 2.05) is 40.7 Å². The Bertz CT molecular complexity index is 988. The number of halogens is 3. The van der Waals surface area contributed by atoms with Crippen LogP contribution in [-0.4, -0.2) is 33.1 Å². The van der Waals surface area contributed by atoms with Crippen molar-refractivity contribution >= 4 is 35.7 Å². The summed E-state index contributed by atoms with van der Waals surface area (Å²) in [4.78, 5) is 12.7. The van der Waals surface area contributed by atoms with Crippen LogP contribution in [0.2, 0.25) is 0 Å². The van der Waals surface area contributed by atoms with Gasteiger partial charge in [0.2, 0.25) is 0 Å². The van der Waals surface area contributed by atoms with Crippen LogP contribution in [0.4, 0.5) is 13.2 Å². The number of nitrogens with zero attached hydrogens (tertiary/aromatic N) is 3. The molecule has 1 N–H and O–H groups in total. The summed E-state index contributed by atoms with van der Waals surface area (Å²) in [6.07, 6.45) is 3.45. The summed E-state index contributed by atoms with van der Waals surface area (Å²) >= 11 is 2.78. The number of aliphatic imine (C=N–C) groups is 1. The second-order valence-corrected chi connectivity index (χ2v) is 9.34. The molecule has 6 nitrogen and oxygen atoms in total. The Labute approximate surface area is 195 Å². The van der Waals surface area contributed by atoms with Crippen molar-refractivity contribution in [3.05, 3.63) is 52.6 Å². The summed E-state index contributed by atoms with van der Waals surface area (Å²) in [5.74, 6) is 0.390. The minimum atomic E-state index is -4.41. The third kappa shape index (κ3) is 8.10. The smallest absolute Gasteiger partial charge is 0.402 e. The molecular weight excluding hydrogens is 461 g/mol. The largest absolute Gasteiger partial charge is 0.467 e. The molecule has 1 heterocycles. The van der Waals surface area contributed by atoms with E-state index in [0.717, 1.165) is 22.4 Å². The average molecular weight is 488 g/mol. The van der Waals surface area contributed by atoms with E-state index in [2.05, 4.69) is 31.8 Å². The van der Waals surface area contributed by atoms with Gasteiger partial charge in [-0.3, -0.25) is 10.4 Å². The second-order valence-electron chi connectivity index (χ2n) is 8.05. The highest BCUT2D eigenvalue weighted by molar-refractivity contribution is 7.95. The normalized spacial score (nSPS) is 12.7. The van der Waals surface area contributed by atoms with Crippen LogP contribution in [0, 0.1) is 19.3 Å². The molecule has 0 fully saturated rings. The predicted molar refractivity (Wildman–Crippen MR) is 125 cm³/mol. The summed E-state index contributed by atoms with van der Waals surface area (Å²) in [6.45, 7) is 9.64. The van der Waals surface area contributed by atoms with Crippen molar-refractivity contribution in [2.24, 2.45) is 4.99 Å². The Hall–Kier alpha value is -2.11. The molecule has 0 spiro atoms. The maximum Gasteiger partial charge on any atom is 0.467 e. The number of aryl methyl sites for hydroxylation is 2. The van der Waals surface area contributed by atoms with Gasteiger partial charge in [0.15, 0.2) is 5.84 Å². The number of nitrogens with one attached hydrogen (secondary N) is 1. The minimum Gasteiger partial charge on any atom is -0.402 e. The maximum absolute atomic E-state index is 12.1. The third-order valence-corrected chi connectivity index (χ3v) is 5.01. The predicted octanol–water partition coefficient (Wildman–Crippen LogP) is 4.89. The van der Waals surface area contributed by atoms with E-state index in [4.69, 9.17) is 10.1 Å². The molecule has 0 radical (unpaired) electrons. The summed E-state index contributed by atoms with van der Waals surface area (Å²) in [6, 6.07) is 3.59. The first-order chi connectivity index (χ1) is 14.8.